The molecule has 0 amide bonds. The summed E-state index contributed by atoms with van der Waals surface area (Å²) in [6.07, 6.45) is 37.5. The maximum atomic E-state index is 6.40. The van der Waals surface area contributed by atoms with Crippen molar-refractivity contribution in [3.05, 3.63) is 121 Å². The second-order valence-corrected chi connectivity index (χ2v) is 31.7. The van der Waals surface area contributed by atoms with Crippen LogP contribution in [0.15, 0.2) is 121 Å². The topological polar surface area (TPSA) is 73.8 Å². The van der Waals surface area contributed by atoms with Gasteiger partial charge in [0.15, 0.2) is 0 Å². The van der Waals surface area contributed by atoms with Crippen LogP contribution in [0.4, 0.5) is 0 Å². The summed E-state index contributed by atoms with van der Waals surface area (Å²) in [7, 11) is 0. The van der Waals surface area contributed by atoms with Crippen molar-refractivity contribution >= 4 is 59.5 Å². The van der Waals surface area contributed by atoms with E-state index in [-0.39, 0.29) is 43.9 Å². The van der Waals surface area contributed by atoms with Gasteiger partial charge >= 0.3 is 19.5 Å². The first-order valence-corrected chi connectivity index (χ1v) is 39.4. The van der Waals surface area contributed by atoms with E-state index in [4.69, 9.17) is 85.2 Å². The fourth-order valence-electron chi connectivity index (χ4n) is 9.59. The van der Waals surface area contributed by atoms with E-state index in [1.165, 1.54) is 154 Å². The Balaban J connectivity index is 0.000000560. The third kappa shape index (κ3) is 43.8. The van der Waals surface area contributed by atoms with Crippen molar-refractivity contribution in [2.45, 2.75) is 258 Å². The zero-order valence-electron chi connectivity index (χ0n) is 51.8. The van der Waals surface area contributed by atoms with Crippen molar-refractivity contribution in [1.29, 1.82) is 0 Å². The van der Waals surface area contributed by atoms with Gasteiger partial charge in [0.25, 0.3) is 0 Å². The van der Waals surface area contributed by atoms with Gasteiger partial charge in [0, 0.05) is 0 Å². The molecule has 4 atom stereocenters. The number of ether oxygens (including phenoxy) is 4. The summed E-state index contributed by atoms with van der Waals surface area (Å²) in [5.41, 5.74) is -5.86. The van der Waals surface area contributed by atoms with E-state index >= 15 is 0 Å². The summed E-state index contributed by atoms with van der Waals surface area (Å²) >= 11 is 23.3. The molecule has 15 heteroatoms. The molecule has 464 valence electrons. The summed E-state index contributed by atoms with van der Waals surface area (Å²) in [5.74, 6) is 3.30. The molecule has 0 saturated carbocycles. The van der Waals surface area contributed by atoms with Gasteiger partial charge in [-0.1, -0.05) is 304 Å². The smallest absolute Gasteiger partial charge is 0.691 e. The molecule has 4 rings (SSSR count). The van der Waals surface area contributed by atoms with Gasteiger partial charge in [-0.25, -0.2) is 0 Å². The van der Waals surface area contributed by atoms with E-state index in [1.807, 2.05) is 121 Å². The zero-order valence-corrected chi connectivity index (χ0v) is 59.8. The Hall–Kier alpha value is -1.46. The van der Waals surface area contributed by atoms with Crippen molar-refractivity contribution in [1.82, 2.24) is 0 Å². The largest absolute Gasteiger partial charge is 2.00 e. The van der Waals surface area contributed by atoms with E-state index in [2.05, 4.69) is 27.7 Å². The normalized spacial score (nSPS) is 14.1. The number of para-hydroxylation sites is 4. The standard InChI is InChI=1S/2C34H55O4PS2.Zn/c2*1-3-5-7-9-11-13-17-27-33(29-35-31-23-19-15-20-24-31)37-39(40,41)38-34(28-18-14-12-10-8-6-4-2)30-36-32-25-21-16-22-26-32;/h2*15-16,19-26,33-34H,3-14,17-18,27-30H2,1-2H3,(H,40,41);/q;;+2/p-2. The third-order valence-corrected chi connectivity index (χ3v) is 18.6. The van der Waals surface area contributed by atoms with E-state index in [1.54, 1.807) is 0 Å². The molecule has 0 radical (unpaired) electrons. The minimum absolute atomic E-state index is 0. The quantitative estimate of drug-likeness (QED) is 0.0183. The van der Waals surface area contributed by atoms with E-state index in [9.17, 15) is 0 Å². The monoisotopic (exact) mass is 1310 g/mol. The minimum atomic E-state index is -2.93. The minimum Gasteiger partial charge on any atom is -0.691 e. The number of hydrogen-bond donors (Lipinski definition) is 0. The van der Waals surface area contributed by atoms with E-state index < -0.39 is 11.4 Å². The molecule has 8 nitrogen and oxygen atoms in total. The van der Waals surface area contributed by atoms with E-state index in [0.29, 0.717) is 26.4 Å². The van der Waals surface area contributed by atoms with Crippen LogP contribution in [0.2, 0.25) is 0 Å². The van der Waals surface area contributed by atoms with Gasteiger partial charge in [0.1, 0.15) is 49.4 Å². The van der Waals surface area contributed by atoms with Gasteiger partial charge in [0.2, 0.25) is 0 Å². The van der Waals surface area contributed by atoms with Crippen LogP contribution < -0.4 is 18.9 Å². The van der Waals surface area contributed by atoms with Crippen LogP contribution in [0.3, 0.4) is 0 Å². The number of rotatable bonds is 52. The number of unbranched alkanes of at least 4 members (excludes halogenated alkanes) is 24. The summed E-state index contributed by atoms with van der Waals surface area (Å²) in [6, 6.07) is 39.4. The molecule has 0 aliphatic carbocycles. The molecular formula is C68H108O8P2S4Zn. The van der Waals surface area contributed by atoms with Crippen LogP contribution in [-0.4, -0.2) is 50.8 Å². The van der Waals surface area contributed by atoms with Gasteiger partial charge in [0.05, 0.1) is 35.8 Å². The Morgan fingerprint density at radius 3 is 0.639 bits per heavy atom. The van der Waals surface area contributed by atoms with Crippen LogP contribution in [0, 0.1) is 0 Å². The van der Waals surface area contributed by atoms with Crippen molar-refractivity contribution in [3.8, 4) is 23.0 Å². The Morgan fingerprint density at radius 2 is 0.458 bits per heavy atom. The molecular weight excluding hydrogens is 1200 g/mol. The Morgan fingerprint density at radius 1 is 0.289 bits per heavy atom. The SMILES string of the molecule is CCCCCCCCCC(COc1ccccc1)OP(=S)([S-])OC(CCCCCCCCC)COc1ccccc1.CCCCCCCCCC(COc1ccccc1)OP(=S)([S-])OC(CCCCCCCCC)COc1ccccc1.[Zn+2]. The summed E-state index contributed by atoms with van der Waals surface area (Å²) in [5, 5.41) is 0. The van der Waals surface area contributed by atoms with Gasteiger partial charge < -0.3 is 61.5 Å². The van der Waals surface area contributed by atoms with Crippen LogP contribution in [0.1, 0.15) is 233 Å². The second-order valence-electron chi connectivity index (χ2n) is 21.9. The van der Waals surface area contributed by atoms with E-state index in [0.717, 1.165) is 74.4 Å². The average molecular weight is 1310 g/mol. The average Bonchev–Trinajstić information content (AvgIpc) is 3.49. The molecule has 0 aliphatic heterocycles. The summed E-state index contributed by atoms with van der Waals surface area (Å²) in [6.45, 7) is 10.7. The number of benzene rings is 4. The molecule has 0 fully saturated rings. The first kappa shape index (κ1) is 77.6. The van der Waals surface area contributed by atoms with Crippen molar-refractivity contribution in [2.24, 2.45) is 0 Å². The fraction of sp³-hybridized carbons (Fsp3) is 0.647. The Bertz CT molecular complexity index is 1850. The van der Waals surface area contributed by atoms with Crippen LogP contribution in [0.25, 0.3) is 0 Å². The van der Waals surface area contributed by atoms with Gasteiger partial charge in [-0.15, -0.1) is 0 Å². The van der Waals surface area contributed by atoms with Crippen LogP contribution in [0.5, 0.6) is 23.0 Å². The second kappa shape index (κ2) is 52.5. The zero-order chi connectivity index (χ0) is 58.9. The van der Waals surface area contributed by atoms with Gasteiger partial charge in [-0.3, -0.25) is 0 Å². The molecule has 83 heavy (non-hydrogen) atoms. The molecule has 0 saturated heterocycles. The molecule has 0 aliphatic rings. The molecule has 4 aromatic rings. The Kier molecular flexibility index (Phi) is 49.1. The predicted octanol–water partition coefficient (Wildman–Crippen LogP) is 21.9. The molecule has 0 N–H and O–H groups in total. The van der Waals surface area contributed by atoms with Crippen molar-refractivity contribution < 1.29 is 56.5 Å². The third-order valence-electron chi connectivity index (χ3n) is 14.3. The Labute approximate surface area is 540 Å². The van der Waals surface area contributed by atoms with Crippen LogP contribution >= 0.6 is 11.4 Å². The van der Waals surface area contributed by atoms with Crippen LogP contribution in [-0.2, 0) is 85.7 Å². The summed E-state index contributed by atoms with van der Waals surface area (Å²) < 4.78 is 49.9. The molecule has 4 aromatic carbocycles. The summed E-state index contributed by atoms with van der Waals surface area (Å²) in [4.78, 5) is 0. The maximum Gasteiger partial charge on any atom is 2.00 e. The van der Waals surface area contributed by atoms with Crippen molar-refractivity contribution in [2.75, 3.05) is 26.4 Å². The molecule has 0 spiro atoms. The molecule has 0 bridgehead atoms. The predicted molar refractivity (Wildman–Crippen MR) is 361 cm³/mol. The first-order valence-electron chi connectivity index (χ1n) is 32.1. The van der Waals surface area contributed by atoms with Crippen molar-refractivity contribution in [3.63, 3.8) is 0 Å². The molecule has 0 aromatic heterocycles. The maximum absolute atomic E-state index is 6.40. The fourth-order valence-corrected chi connectivity index (χ4v) is 14.7. The molecule has 4 unspecified atom stereocenters. The van der Waals surface area contributed by atoms with Gasteiger partial charge in [-0.05, 0) is 74.2 Å². The van der Waals surface area contributed by atoms with Gasteiger partial charge in [-0.2, -0.15) is 0 Å². The first-order chi connectivity index (χ1) is 40.0. The number of hydrogen-bond acceptors (Lipinski definition) is 12. The molecule has 0 heterocycles.